The van der Waals surface area contributed by atoms with Crippen LogP contribution in [0.25, 0.3) is 0 Å². The van der Waals surface area contributed by atoms with Crippen molar-refractivity contribution in [2.75, 3.05) is 0 Å². The molecular weight excluding hydrogens is 241 g/mol. The van der Waals surface area contributed by atoms with Crippen molar-refractivity contribution in [3.63, 3.8) is 0 Å². The van der Waals surface area contributed by atoms with Gasteiger partial charge < -0.3 is 20.7 Å². The van der Waals surface area contributed by atoms with Crippen LogP contribution in [0.4, 0.5) is 0 Å². The zero-order valence-electron chi connectivity index (χ0n) is 10.0. The second kappa shape index (κ2) is 17.2. The Labute approximate surface area is 128 Å². The molecule has 10 heavy (non-hydrogen) atoms. The zero-order valence-corrected chi connectivity index (χ0v) is 15.3. The van der Waals surface area contributed by atoms with E-state index in [1.165, 1.54) is 11.8 Å². The average molecular weight is 263 g/mol. The van der Waals surface area contributed by atoms with Gasteiger partial charge in [-0.2, -0.15) is 41.5 Å². The molecule has 0 bridgehead atoms. The molecular formula is C9H22Cs-3. The Bertz CT molecular complexity index is 25.0. The van der Waals surface area contributed by atoms with Gasteiger partial charge in [-0.05, 0) is 0 Å². The fourth-order valence-corrected chi connectivity index (χ4v) is 0. The molecule has 0 aromatic rings. The molecule has 0 saturated carbocycles. The first-order chi connectivity index (χ1) is 3.46. The van der Waals surface area contributed by atoms with Gasteiger partial charge in [-0.1, -0.05) is 0 Å². The van der Waals surface area contributed by atoms with Gasteiger partial charge in [0.05, 0.1) is 0 Å². The van der Waals surface area contributed by atoms with Gasteiger partial charge in [-0.3, -0.25) is 0 Å². The molecule has 0 aliphatic carbocycles. The Morgan fingerprint density at radius 2 is 0.700 bits per heavy atom. The summed E-state index contributed by atoms with van der Waals surface area (Å²) in [5.41, 5.74) is 0. The first kappa shape index (κ1) is 22.7. The van der Waals surface area contributed by atoms with E-state index in [9.17, 15) is 0 Å². The molecule has 0 aliphatic rings. The standard InChI is InChI=1S/2C4H9.CH3.Cs.H/c2*1-4(2)3;;;/h2*1-3H3;1H3;;/q3*-1;+1;-1. The van der Waals surface area contributed by atoms with Crippen LogP contribution in [0.3, 0.4) is 0 Å². The van der Waals surface area contributed by atoms with Crippen molar-refractivity contribution in [2.45, 2.75) is 41.5 Å². The van der Waals surface area contributed by atoms with Gasteiger partial charge in [0.15, 0.2) is 0 Å². The van der Waals surface area contributed by atoms with Gasteiger partial charge >= 0.3 is 68.9 Å². The van der Waals surface area contributed by atoms with E-state index in [2.05, 4.69) is 41.5 Å². The molecule has 0 fully saturated rings. The van der Waals surface area contributed by atoms with Gasteiger partial charge in [-0.25, -0.2) is 0 Å². The molecule has 0 N–H and O–H groups in total. The third-order valence-electron chi connectivity index (χ3n) is 0. The van der Waals surface area contributed by atoms with Crippen LogP contribution < -0.4 is 68.9 Å². The Morgan fingerprint density at radius 1 is 0.700 bits per heavy atom. The van der Waals surface area contributed by atoms with Crippen molar-refractivity contribution < 1.29 is 70.3 Å². The maximum absolute atomic E-state index is 2.08. The summed E-state index contributed by atoms with van der Waals surface area (Å²) in [4.78, 5) is 0. The molecule has 0 heterocycles. The number of hydrogen-bond donors (Lipinski definition) is 0. The van der Waals surface area contributed by atoms with Gasteiger partial charge in [0.1, 0.15) is 0 Å². The predicted molar refractivity (Wildman–Crippen MR) is 48.1 cm³/mol. The van der Waals surface area contributed by atoms with Crippen molar-refractivity contribution >= 4 is 0 Å². The van der Waals surface area contributed by atoms with Gasteiger partial charge in [0.2, 0.25) is 0 Å². The second-order valence-electron chi connectivity index (χ2n) is 3.00. The van der Waals surface area contributed by atoms with Crippen molar-refractivity contribution in [2.24, 2.45) is 0 Å². The van der Waals surface area contributed by atoms with Crippen molar-refractivity contribution in [1.29, 1.82) is 0 Å². The molecule has 0 aromatic heterocycles. The topological polar surface area (TPSA) is 0 Å². The van der Waals surface area contributed by atoms with E-state index < -0.39 is 0 Å². The molecule has 1 heteroatoms. The summed E-state index contributed by atoms with van der Waals surface area (Å²) >= 11 is 0. The van der Waals surface area contributed by atoms with Crippen molar-refractivity contribution in [1.82, 2.24) is 0 Å². The van der Waals surface area contributed by atoms with Crippen molar-refractivity contribution in [3.05, 3.63) is 19.3 Å². The first-order valence-corrected chi connectivity index (χ1v) is 3.00. The average Bonchev–Trinajstić information content (AvgIpc) is 1.25. The number of rotatable bonds is 0. The summed E-state index contributed by atoms with van der Waals surface area (Å²) in [7, 11) is 0. The van der Waals surface area contributed by atoms with E-state index in [4.69, 9.17) is 0 Å². The molecule has 0 nitrogen and oxygen atoms in total. The third kappa shape index (κ3) is 196. The maximum atomic E-state index is 2.08. The molecule has 0 aliphatic heterocycles. The van der Waals surface area contributed by atoms with Crippen LogP contribution in [0.1, 0.15) is 43.0 Å². The van der Waals surface area contributed by atoms with Gasteiger partial charge in [-0.15, -0.1) is 0 Å². The summed E-state index contributed by atoms with van der Waals surface area (Å²) in [5.74, 6) is 2.83. The molecule has 62 valence electrons. The smallest absolute Gasteiger partial charge is 1.00 e. The molecule has 0 aromatic carbocycles. The molecule has 0 radical (unpaired) electrons. The fraction of sp³-hybridized carbons (Fsp3) is 0.667. The normalized spacial score (nSPS) is 7.20. The van der Waals surface area contributed by atoms with E-state index in [1.807, 2.05) is 0 Å². The quantitative estimate of drug-likeness (QED) is 0.567. The molecule has 0 saturated heterocycles. The summed E-state index contributed by atoms with van der Waals surface area (Å²) in [6.07, 6.45) is 0. The van der Waals surface area contributed by atoms with E-state index in [-0.39, 0.29) is 77.7 Å². The number of hydrogen-bond acceptors (Lipinski definition) is 0. The SMILES string of the molecule is C[C-](C)C.C[C-](C)C.[CH3-].[Cs+].[H-]. The summed E-state index contributed by atoms with van der Waals surface area (Å²) in [6, 6.07) is 0. The minimum atomic E-state index is 0. The van der Waals surface area contributed by atoms with Crippen LogP contribution in [0.15, 0.2) is 0 Å². The summed E-state index contributed by atoms with van der Waals surface area (Å²) in [6.45, 7) is 12.5. The first-order valence-electron chi connectivity index (χ1n) is 3.00. The van der Waals surface area contributed by atoms with E-state index in [0.717, 1.165) is 0 Å². The fourth-order valence-electron chi connectivity index (χ4n) is 0. The van der Waals surface area contributed by atoms with Gasteiger partial charge in [0, 0.05) is 0 Å². The maximum Gasteiger partial charge on any atom is 1.00 e. The molecule has 0 rings (SSSR count). The van der Waals surface area contributed by atoms with Crippen LogP contribution in [0, 0.1) is 19.3 Å². The van der Waals surface area contributed by atoms with E-state index >= 15 is 0 Å². The largest absolute Gasteiger partial charge is 1.00 e. The second-order valence-corrected chi connectivity index (χ2v) is 3.00. The van der Waals surface area contributed by atoms with E-state index in [0.29, 0.717) is 0 Å². The van der Waals surface area contributed by atoms with Crippen LogP contribution in [0.2, 0.25) is 0 Å². The summed E-state index contributed by atoms with van der Waals surface area (Å²) < 4.78 is 0. The van der Waals surface area contributed by atoms with Crippen LogP contribution >= 0.6 is 0 Å². The minimum Gasteiger partial charge on any atom is -1.00 e. The minimum absolute atomic E-state index is 0. The zero-order chi connectivity index (χ0) is 7.15. The third-order valence-corrected chi connectivity index (χ3v) is 0. The monoisotopic (exact) mass is 263 g/mol. The molecule has 0 atom stereocenters. The predicted octanol–water partition coefficient (Wildman–Crippen LogP) is 0.808. The molecule has 0 unspecified atom stereocenters. The Hall–Kier alpha value is 2.05. The molecule has 0 spiro atoms. The summed E-state index contributed by atoms with van der Waals surface area (Å²) in [5, 5.41) is 0. The Balaban J connectivity index is -0.0000000171. The van der Waals surface area contributed by atoms with Crippen LogP contribution in [0.5, 0.6) is 0 Å². The van der Waals surface area contributed by atoms with Crippen LogP contribution in [-0.4, -0.2) is 0 Å². The molecule has 0 amide bonds. The van der Waals surface area contributed by atoms with Crippen LogP contribution in [-0.2, 0) is 0 Å². The van der Waals surface area contributed by atoms with Gasteiger partial charge in [0.25, 0.3) is 0 Å². The van der Waals surface area contributed by atoms with Crippen molar-refractivity contribution in [3.8, 4) is 0 Å². The Morgan fingerprint density at radius 3 is 0.700 bits per heavy atom. The van der Waals surface area contributed by atoms with E-state index in [1.54, 1.807) is 0 Å². The Kier molecular flexibility index (Phi) is 39.1.